The van der Waals surface area contributed by atoms with Crippen LogP contribution in [0.25, 0.3) is 11.1 Å². The SMILES string of the molecule is COc1ccc2c(c1)C(C1C=CC=CC=C1)c1ccccc1-2. The molecule has 0 fully saturated rings. The molecule has 1 nitrogen and oxygen atoms in total. The van der Waals surface area contributed by atoms with E-state index in [1.165, 1.54) is 22.3 Å². The van der Waals surface area contributed by atoms with E-state index in [1.54, 1.807) is 7.11 Å². The fraction of sp³-hybridized carbons (Fsp3) is 0.143. The molecule has 0 spiro atoms. The molecule has 4 rings (SSSR count). The van der Waals surface area contributed by atoms with E-state index in [1.807, 2.05) is 0 Å². The third-order valence-corrected chi connectivity index (χ3v) is 4.56. The minimum absolute atomic E-state index is 0.355. The van der Waals surface area contributed by atoms with Gasteiger partial charge in [-0.1, -0.05) is 66.8 Å². The van der Waals surface area contributed by atoms with Crippen molar-refractivity contribution in [1.29, 1.82) is 0 Å². The maximum absolute atomic E-state index is 5.45. The highest BCUT2D eigenvalue weighted by molar-refractivity contribution is 5.80. The largest absolute Gasteiger partial charge is 0.497 e. The highest BCUT2D eigenvalue weighted by Crippen LogP contribution is 2.49. The first kappa shape index (κ1) is 13.1. The predicted molar refractivity (Wildman–Crippen MR) is 91.2 cm³/mol. The first-order valence-corrected chi connectivity index (χ1v) is 7.67. The number of hydrogen-bond acceptors (Lipinski definition) is 1. The first-order valence-electron chi connectivity index (χ1n) is 7.67. The summed E-state index contributed by atoms with van der Waals surface area (Å²) in [7, 11) is 1.73. The van der Waals surface area contributed by atoms with Crippen molar-refractivity contribution in [1.82, 2.24) is 0 Å². The highest BCUT2D eigenvalue weighted by atomic mass is 16.5. The van der Waals surface area contributed by atoms with E-state index in [0.29, 0.717) is 11.8 Å². The van der Waals surface area contributed by atoms with Gasteiger partial charge in [-0.3, -0.25) is 0 Å². The summed E-state index contributed by atoms with van der Waals surface area (Å²) in [5.41, 5.74) is 5.46. The van der Waals surface area contributed by atoms with Crippen LogP contribution in [-0.2, 0) is 0 Å². The topological polar surface area (TPSA) is 9.23 Å². The molecule has 108 valence electrons. The van der Waals surface area contributed by atoms with Gasteiger partial charge in [-0.25, -0.2) is 0 Å². The molecule has 2 aliphatic rings. The van der Waals surface area contributed by atoms with Crippen molar-refractivity contribution in [3.63, 3.8) is 0 Å². The summed E-state index contributed by atoms with van der Waals surface area (Å²) in [5, 5.41) is 0. The maximum Gasteiger partial charge on any atom is 0.119 e. The van der Waals surface area contributed by atoms with Gasteiger partial charge in [-0.2, -0.15) is 0 Å². The lowest BCUT2D eigenvalue weighted by molar-refractivity contribution is 0.414. The zero-order chi connectivity index (χ0) is 14.9. The van der Waals surface area contributed by atoms with Gasteiger partial charge in [0.25, 0.3) is 0 Å². The van der Waals surface area contributed by atoms with E-state index in [4.69, 9.17) is 4.74 Å². The van der Waals surface area contributed by atoms with E-state index in [0.717, 1.165) is 5.75 Å². The lowest BCUT2D eigenvalue weighted by atomic mass is 9.84. The summed E-state index contributed by atoms with van der Waals surface area (Å²) < 4.78 is 5.45. The molecule has 0 saturated carbocycles. The lowest BCUT2D eigenvalue weighted by Crippen LogP contribution is -2.07. The van der Waals surface area contributed by atoms with Crippen LogP contribution in [0.4, 0.5) is 0 Å². The normalized spacial score (nSPS) is 18.9. The van der Waals surface area contributed by atoms with Crippen molar-refractivity contribution in [2.24, 2.45) is 5.92 Å². The Kier molecular flexibility index (Phi) is 3.19. The molecule has 0 aliphatic heterocycles. The van der Waals surface area contributed by atoms with Crippen molar-refractivity contribution in [2.75, 3.05) is 7.11 Å². The average Bonchev–Trinajstić information content (AvgIpc) is 2.72. The van der Waals surface area contributed by atoms with Crippen LogP contribution in [0.5, 0.6) is 5.75 Å². The van der Waals surface area contributed by atoms with Crippen LogP contribution in [0.1, 0.15) is 17.0 Å². The van der Waals surface area contributed by atoms with Crippen LogP contribution >= 0.6 is 0 Å². The Hall–Kier alpha value is -2.54. The van der Waals surface area contributed by atoms with E-state index in [2.05, 4.69) is 78.9 Å². The van der Waals surface area contributed by atoms with Gasteiger partial charge in [0.1, 0.15) is 5.75 Å². The molecule has 2 aliphatic carbocycles. The molecule has 1 heteroatoms. The van der Waals surface area contributed by atoms with E-state index in [9.17, 15) is 0 Å². The molecule has 22 heavy (non-hydrogen) atoms. The second-order valence-electron chi connectivity index (χ2n) is 5.75. The minimum Gasteiger partial charge on any atom is -0.497 e. The Labute approximate surface area is 131 Å². The molecule has 2 aromatic rings. The number of allylic oxidation sites excluding steroid dienone is 6. The first-order chi connectivity index (χ1) is 10.9. The number of benzene rings is 2. The summed E-state index contributed by atoms with van der Waals surface area (Å²) in [6.45, 7) is 0. The fourth-order valence-electron chi connectivity index (χ4n) is 3.57. The molecular weight excluding hydrogens is 268 g/mol. The second-order valence-corrected chi connectivity index (χ2v) is 5.75. The molecule has 1 atom stereocenters. The molecule has 0 aromatic heterocycles. The molecule has 2 aromatic carbocycles. The van der Waals surface area contributed by atoms with Crippen molar-refractivity contribution in [3.05, 3.63) is 90.0 Å². The van der Waals surface area contributed by atoms with Gasteiger partial charge in [-0.05, 0) is 34.4 Å². The fourth-order valence-corrected chi connectivity index (χ4v) is 3.57. The van der Waals surface area contributed by atoms with Gasteiger partial charge >= 0.3 is 0 Å². The van der Waals surface area contributed by atoms with Crippen LogP contribution < -0.4 is 4.74 Å². The zero-order valence-electron chi connectivity index (χ0n) is 12.6. The third kappa shape index (κ3) is 2.01. The smallest absolute Gasteiger partial charge is 0.119 e. The monoisotopic (exact) mass is 286 g/mol. The summed E-state index contributed by atoms with van der Waals surface area (Å²) in [6.07, 6.45) is 13.0. The number of ether oxygens (including phenoxy) is 1. The summed E-state index contributed by atoms with van der Waals surface area (Å²) in [4.78, 5) is 0. The Morgan fingerprint density at radius 3 is 2.27 bits per heavy atom. The molecule has 0 radical (unpaired) electrons. The average molecular weight is 286 g/mol. The van der Waals surface area contributed by atoms with Crippen molar-refractivity contribution < 1.29 is 4.74 Å². The Bertz CT molecular complexity index is 779. The van der Waals surface area contributed by atoms with Crippen LogP contribution in [0, 0.1) is 5.92 Å². The standard InChI is InChI=1S/C21H18O/c1-22-16-12-13-18-17-10-6-7-11-19(17)21(20(18)14-16)15-8-4-2-3-5-9-15/h2-15,21H,1H3. The summed E-state index contributed by atoms with van der Waals surface area (Å²) in [6, 6.07) is 15.2. The third-order valence-electron chi connectivity index (χ3n) is 4.56. The Morgan fingerprint density at radius 1 is 0.773 bits per heavy atom. The summed E-state index contributed by atoms with van der Waals surface area (Å²) >= 11 is 0. The van der Waals surface area contributed by atoms with E-state index < -0.39 is 0 Å². The van der Waals surface area contributed by atoms with Crippen LogP contribution in [0.2, 0.25) is 0 Å². The van der Waals surface area contributed by atoms with Crippen LogP contribution in [0.3, 0.4) is 0 Å². The molecule has 0 saturated heterocycles. The molecule has 0 N–H and O–H groups in total. The number of rotatable bonds is 2. The van der Waals surface area contributed by atoms with Gasteiger partial charge < -0.3 is 4.74 Å². The minimum atomic E-state index is 0.355. The van der Waals surface area contributed by atoms with Gasteiger partial charge in [-0.15, -0.1) is 0 Å². The van der Waals surface area contributed by atoms with Gasteiger partial charge in [0, 0.05) is 11.8 Å². The van der Waals surface area contributed by atoms with Crippen molar-refractivity contribution in [3.8, 4) is 16.9 Å². The van der Waals surface area contributed by atoms with Gasteiger partial charge in [0.15, 0.2) is 0 Å². The van der Waals surface area contributed by atoms with E-state index >= 15 is 0 Å². The lowest BCUT2D eigenvalue weighted by Gasteiger charge is -2.20. The molecule has 0 amide bonds. The zero-order valence-corrected chi connectivity index (χ0v) is 12.6. The highest BCUT2D eigenvalue weighted by Gasteiger charge is 2.32. The molecular formula is C21H18O. The second kappa shape index (κ2) is 5.34. The van der Waals surface area contributed by atoms with Crippen LogP contribution in [-0.4, -0.2) is 7.11 Å². The van der Waals surface area contributed by atoms with Crippen molar-refractivity contribution >= 4 is 0 Å². The quantitative estimate of drug-likeness (QED) is 0.745. The van der Waals surface area contributed by atoms with Gasteiger partial charge in [0.2, 0.25) is 0 Å². The Balaban J connectivity index is 1.91. The number of methoxy groups -OCH3 is 1. The predicted octanol–water partition coefficient (Wildman–Crippen LogP) is 5.11. The molecule has 0 bridgehead atoms. The maximum atomic E-state index is 5.45. The van der Waals surface area contributed by atoms with Crippen molar-refractivity contribution in [2.45, 2.75) is 5.92 Å². The summed E-state index contributed by atoms with van der Waals surface area (Å²) in [5.74, 6) is 1.65. The van der Waals surface area contributed by atoms with Crippen LogP contribution in [0.15, 0.2) is 78.9 Å². The van der Waals surface area contributed by atoms with E-state index in [-0.39, 0.29) is 0 Å². The molecule has 0 heterocycles. The van der Waals surface area contributed by atoms with Gasteiger partial charge in [0.05, 0.1) is 7.11 Å². The molecule has 1 unspecified atom stereocenters. The Morgan fingerprint density at radius 2 is 1.50 bits per heavy atom. The number of hydrogen-bond donors (Lipinski definition) is 0. The number of fused-ring (bicyclic) bond motifs is 3.